The van der Waals surface area contributed by atoms with Crippen LogP contribution in [0.2, 0.25) is 0 Å². The van der Waals surface area contributed by atoms with Crippen LogP contribution in [0.1, 0.15) is 5.56 Å². The Labute approximate surface area is 120 Å². The minimum atomic E-state index is 0.166. The van der Waals surface area contributed by atoms with Crippen LogP contribution in [0.4, 0.5) is 5.69 Å². The molecule has 2 N–H and O–H groups in total. The van der Waals surface area contributed by atoms with Crippen LogP contribution in [-0.2, 0) is 6.54 Å². The van der Waals surface area contributed by atoms with Crippen molar-refractivity contribution in [1.82, 2.24) is 0 Å². The average Bonchev–Trinajstić information content (AvgIpc) is 2.38. The molecule has 2 aromatic rings. The standard InChI is InChI=1S/C14H14INO2/c1-18-14-7-2-10(8-13(14)17)9-16-12-5-3-11(15)4-6-12/h2-8,16-17H,9H2,1H3. The fraction of sp³-hybridized carbons (Fsp3) is 0.143. The zero-order valence-corrected chi connectivity index (χ0v) is 12.1. The van der Waals surface area contributed by atoms with Crippen molar-refractivity contribution in [1.29, 1.82) is 0 Å². The van der Waals surface area contributed by atoms with Crippen LogP contribution in [0.25, 0.3) is 0 Å². The highest BCUT2D eigenvalue weighted by Crippen LogP contribution is 2.26. The van der Waals surface area contributed by atoms with Crippen LogP contribution in [0, 0.1) is 3.57 Å². The summed E-state index contributed by atoms with van der Waals surface area (Å²) in [5, 5.41) is 13.0. The summed E-state index contributed by atoms with van der Waals surface area (Å²) in [6.07, 6.45) is 0. The first-order valence-electron chi connectivity index (χ1n) is 5.54. The van der Waals surface area contributed by atoms with E-state index in [0.717, 1.165) is 11.3 Å². The van der Waals surface area contributed by atoms with Gasteiger partial charge in [-0.1, -0.05) is 6.07 Å². The molecule has 18 heavy (non-hydrogen) atoms. The maximum atomic E-state index is 9.67. The Hall–Kier alpha value is -1.43. The van der Waals surface area contributed by atoms with Crippen molar-refractivity contribution in [3.63, 3.8) is 0 Å². The monoisotopic (exact) mass is 355 g/mol. The molecule has 0 aliphatic carbocycles. The number of rotatable bonds is 4. The molecule has 0 heterocycles. The van der Waals surface area contributed by atoms with Crippen LogP contribution >= 0.6 is 22.6 Å². The van der Waals surface area contributed by atoms with E-state index in [-0.39, 0.29) is 5.75 Å². The number of nitrogens with one attached hydrogen (secondary N) is 1. The first-order valence-corrected chi connectivity index (χ1v) is 6.62. The van der Waals surface area contributed by atoms with E-state index < -0.39 is 0 Å². The molecule has 0 radical (unpaired) electrons. The van der Waals surface area contributed by atoms with Gasteiger partial charge in [0.15, 0.2) is 11.5 Å². The Morgan fingerprint density at radius 1 is 1.17 bits per heavy atom. The highest BCUT2D eigenvalue weighted by molar-refractivity contribution is 14.1. The Balaban J connectivity index is 2.02. The molecule has 0 spiro atoms. The number of phenolic OH excluding ortho intramolecular Hbond substituents is 1. The summed E-state index contributed by atoms with van der Waals surface area (Å²) in [5.41, 5.74) is 2.07. The number of hydrogen-bond donors (Lipinski definition) is 2. The lowest BCUT2D eigenvalue weighted by Crippen LogP contribution is -1.99. The van der Waals surface area contributed by atoms with Crippen LogP contribution in [0.3, 0.4) is 0 Å². The second kappa shape index (κ2) is 5.95. The molecule has 0 aliphatic rings. The number of hydrogen-bond acceptors (Lipinski definition) is 3. The molecule has 0 atom stereocenters. The topological polar surface area (TPSA) is 41.5 Å². The summed E-state index contributed by atoms with van der Waals surface area (Å²) in [7, 11) is 1.54. The molecule has 0 aliphatic heterocycles. The van der Waals surface area contributed by atoms with Gasteiger partial charge in [-0.05, 0) is 64.6 Å². The van der Waals surface area contributed by atoms with E-state index in [9.17, 15) is 5.11 Å². The van der Waals surface area contributed by atoms with Gasteiger partial charge in [-0.3, -0.25) is 0 Å². The molecule has 0 fully saturated rings. The van der Waals surface area contributed by atoms with Gasteiger partial charge in [0.05, 0.1) is 7.11 Å². The van der Waals surface area contributed by atoms with Crippen molar-refractivity contribution in [2.24, 2.45) is 0 Å². The Bertz CT molecular complexity index is 526. The third kappa shape index (κ3) is 3.29. The molecule has 3 nitrogen and oxygen atoms in total. The molecule has 94 valence electrons. The van der Waals surface area contributed by atoms with Gasteiger partial charge in [0, 0.05) is 15.8 Å². The first-order chi connectivity index (χ1) is 8.69. The Kier molecular flexibility index (Phi) is 4.30. The molecular formula is C14H14INO2. The molecule has 2 rings (SSSR count). The minimum Gasteiger partial charge on any atom is -0.504 e. The van der Waals surface area contributed by atoms with Gasteiger partial charge < -0.3 is 15.2 Å². The summed E-state index contributed by atoms with van der Waals surface area (Å²) in [6.45, 7) is 0.665. The van der Waals surface area contributed by atoms with Gasteiger partial charge in [0.2, 0.25) is 0 Å². The maximum absolute atomic E-state index is 9.67. The first kappa shape index (κ1) is 13.0. The van der Waals surface area contributed by atoms with E-state index in [2.05, 4.69) is 27.9 Å². The van der Waals surface area contributed by atoms with Crippen LogP contribution in [0.5, 0.6) is 11.5 Å². The summed E-state index contributed by atoms with van der Waals surface area (Å²) in [4.78, 5) is 0. The van der Waals surface area contributed by atoms with Gasteiger partial charge in [-0.25, -0.2) is 0 Å². The lowest BCUT2D eigenvalue weighted by atomic mass is 10.2. The van der Waals surface area contributed by atoms with Gasteiger partial charge in [-0.15, -0.1) is 0 Å². The largest absolute Gasteiger partial charge is 0.504 e. The maximum Gasteiger partial charge on any atom is 0.160 e. The highest BCUT2D eigenvalue weighted by atomic mass is 127. The number of anilines is 1. The molecule has 0 unspecified atom stereocenters. The predicted octanol–water partition coefficient (Wildman–Crippen LogP) is 3.62. The van der Waals surface area contributed by atoms with E-state index in [1.54, 1.807) is 19.2 Å². The molecule has 0 aromatic heterocycles. The molecular weight excluding hydrogens is 341 g/mol. The summed E-state index contributed by atoms with van der Waals surface area (Å²) in [5.74, 6) is 0.660. The number of ether oxygens (including phenoxy) is 1. The molecule has 0 saturated heterocycles. The molecule has 0 bridgehead atoms. The second-order valence-electron chi connectivity index (χ2n) is 3.87. The van der Waals surface area contributed by atoms with Crippen molar-refractivity contribution >= 4 is 28.3 Å². The van der Waals surface area contributed by atoms with Crippen molar-refractivity contribution < 1.29 is 9.84 Å². The number of methoxy groups -OCH3 is 1. The van der Waals surface area contributed by atoms with Crippen LogP contribution < -0.4 is 10.1 Å². The fourth-order valence-corrected chi connectivity index (χ4v) is 1.98. The van der Waals surface area contributed by atoms with Crippen LogP contribution in [-0.4, -0.2) is 12.2 Å². The molecule has 4 heteroatoms. The normalized spacial score (nSPS) is 10.1. The predicted molar refractivity (Wildman–Crippen MR) is 81.1 cm³/mol. The van der Waals surface area contributed by atoms with Gasteiger partial charge >= 0.3 is 0 Å². The van der Waals surface area contributed by atoms with E-state index in [1.807, 2.05) is 30.3 Å². The van der Waals surface area contributed by atoms with Crippen molar-refractivity contribution in [3.8, 4) is 11.5 Å². The van der Waals surface area contributed by atoms with E-state index in [1.165, 1.54) is 3.57 Å². The number of phenols is 1. The zero-order chi connectivity index (χ0) is 13.0. The fourth-order valence-electron chi connectivity index (χ4n) is 1.62. The molecule has 2 aromatic carbocycles. The Morgan fingerprint density at radius 2 is 1.89 bits per heavy atom. The third-order valence-electron chi connectivity index (χ3n) is 2.58. The van der Waals surface area contributed by atoms with Gasteiger partial charge in [0.25, 0.3) is 0 Å². The van der Waals surface area contributed by atoms with E-state index in [0.29, 0.717) is 12.3 Å². The third-order valence-corrected chi connectivity index (χ3v) is 3.30. The summed E-state index contributed by atoms with van der Waals surface area (Å²) >= 11 is 2.27. The average molecular weight is 355 g/mol. The van der Waals surface area contributed by atoms with Crippen LogP contribution in [0.15, 0.2) is 42.5 Å². The Morgan fingerprint density at radius 3 is 2.50 bits per heavy atom. The minimum absolute atomic E-state index is 0.166. The van der Waals surface area contributed by atoms with Crippen molar-refractivity contribution in [2.45, 2.75) is 6.54 Å². The second-order valence-corrected chi connectivity index (χ2v) is 5.11. The lowest BCUT2D eigenvalue weighted by Gasteiger charge is -2.08. The summed E-state index contributed by atoms with van der Waals surface area (Å²) in [6, 6.07) is 13.6. The SMILES string of the molecule is COc1ccc(CNc2ccc(I)cc2)cc1O. The zero-order valence-electron chi connectivity index (χ0n) is 9.98. The summed E-state index contributed by atoms with van der Waals surface area (Å²) < 4.78 is 6.21. The van der Waals surface area contributed by atoms with E-state index >= 15 is 0 Å². The molecule has 0 amide bonds. The van der Waals surface area contributed by atoms with Gasteiger partial charge in [0.1, 0.15) is 0 Å². The van der Waals surface area contributed by atoms with E-state index in [4.69, 9.17) is 4.74 Å². The molecule has 0 saturated carbocycles. The quantitative estimate of drug-likeness (QED) is 0.824. The number of aromatic hydroxyl groups is 1. The van der Waals surface area contributed by atoms with Gasteiger partial charge in [-0.2, -0.15) is 0 Å². The number of halogens is 1. The van der Waals surface area contributed by atoms with Crippen molar-refractivity contribution in [3.05, 3.63) is 51.6 Å². The number of benzene rings is 2. The lowest BCUT2D eigenvalue weighted by molar-refractivity contribution is 0.373. The smallest absolute Gasteiger partial charge is 0.160 e. The highest BCUT2D eigenvalue weighted by Gasteiger charge is 2.02. The van der Waals surface area contributed by atoms with Crippen molar-refractivity contribution in [2.75, 3.05) is 12.4 Å².